The third-order valence-electron chi connectivity index (χ3n) is 1.44. The number of carboxylic acids is 2. The minimum absolute atomic E-state index is 0.150. The minimum Gasteiger partial charge on any atom is -0.477 e. The zero-order chi connectivity index (χ0) is 10.7. The van der Waals surface area contributed by atoms with E-state index in [1.807, 2.05) is 0 Å². The van der Waals surface area contributed by atoms with Gasteiger partial charge in [0.1, 0.15) is 5.69 Å². The van der Waals surface area contributed by atoms with Crippen molar-refractivity contribution in [3.8, 4) is 0 Å². The number of rotatable bonds is 3. The minimum atomic E-state index is -1.60. The van der Waals surface area contributed by atoms with Crippen LogP contribution in [-0.4, -0.2) is 32.9 Å². The molecule has 2 N–H and O–H groups in total. The van der Waals surface area contributed by atoms with Crippen molar-refractivity contribution in [3.05, 3.63) is 29.6 Å². The Morgan fingerprint density at radius 3 is 2.14 bits per heavy atom. The van der Waals surface area contributed by atoms with E-state index in [0.29, 0.717) is 0 Å². The molecular weight excluding hydrogens is 190 g/mol. The van der Waals surface area contributed by atoms with E-state index in [4.69, 9.17) is 10.2 Å². The van der Waals surface area contributed by atoms with Crippen molar-refractivity contribution in [3.63, 3.8) is 0 Å². The molecule has 0 fully saturated rings. The monoisotopic (exact) mass is 195 g/mol. The quantitative estimate of drug-likeness (QED) is 0.521. The van der Waals surface area contributed by atoms with Crippen molar-refractivity contribution < 1.29 is 24.6 Å². The van der Waals surface area contributed by atoms with Crippen molar-refractivity contribution in [2.45, 2.75) is 0 Å². The van der Waals surface area contributed by atoms with Gasteiger partial charge >= 0.3 is 11.9 Å². The molecule has 1 rings (SSSR count). The molecule has 0 aliphatic rings. The number of carbonyl (C=O) groups is 3. The maximum atomic E-state index is 10.8. The van der Waals surface area contributed by atoms with Crippen molar-refractivity contribution in [1.82, 2.24) is 4.98 Å². The number of hydrogen-bond donors (Lipinski definition) is 2. The first kappa shape index (κ1) is 9.85. The predicted octanol–water partition coefficient (Wildman–Crippen LogP) is 0.0471. The lowest BCUT2D eigenvalue weighted by molar-refractivity contribution is -0.131. The Hall–Kier alpha value is -2.24. The van der Waals surface area contributed by atoms with E-state index in [1.54, 1.807) is 0 Å². The number of hydrogen-bond acceptors (Lipinski definition) is 4. The van der Waals surface area contributed by atoms with E-state index < -0.39 is 17.7 Å². The molecule has 1 aromatic heterocycles. The fourth-order valence-corrected chi connectivity index (χ4v) is 0.778. The van der Waals surface area contributed by atoms with Gasteiger partial charge in [0.05, 0.1) is 0 Å². The highest BCUT2D eigenvalue weighted by atomic mass is 16.4. The molecule has 6 heteroatoms. The van der Waals surface area contributed by atoms with Crippen LogP contribution in [0.2, 0.25) is 0 Å². The lowest BCUT2D eigenvalue weighted by Gasteiger charge is -1.95. The Balaban J connectivity index is 3.00. The molecule has 0 bridgehead atoms. The first-order valence-corrected chi connectivity index (χ1v) is 3.49. The summed E-state index contributed by atoms with van der Waals surface area (Å²) in [6.07, 6.45) is 0.917. The van der Waals surface area contributed by atoms with E-state index in [1.165, 1.54) is 0 Å². The molecule has 0 unspecified atom stereocenters. The molecule has 6 nitrogen and oxygen atoms in total. The van der Waals surface area contributed by atoms with Gasteiger partial charge in [-0.05, 0) is 12.1 Å². The Bertz CT molecular complexity index is 395. The van der Waals surface area contributed by atoms with Crippen LogP contribution in [-0.2, 0) is 4.79 Å². The van der Waals surface area contributed by atoms with Crippen LogP contribution in [0.5, 0.6) is 0 Å². The van der Waals surface area contributed by atoms with Crippen LogP contribution >= 0.6 is 0 Å². The van der Waals surface area contributed by atoms with Gasteiger partial charge in [0, 0.05) is 11.8 Å². The highest BCUT2D eigenvalue weighted by Crippen LogP contribution is 2.01. The van der Waals surface area contributed by atoms with Crippen LogP contribution in [0.4, 0.5) is 0 Å². The molecule has 0 aliphatic heterocycles. The zero-order valence-corrected chi connectivity index (χ0v) is 6.80. The fourth-order valence-electron chi connectivity index (χ4n) is 0.778. The van der Waals surface area contributed by atoms with Crippen LogP contribution < -0.4 is 0 Å². The topological polar surface area (TPSA) is 105 Å². The summed E-state index contributed by atoms with van der Waals surface area (Å²) in [6, 6.07) is 2.17. The van der Waals surface area contributed by atoms with Crippen LogP contribution in [0.15, 0.2) is 18.3 Å². The summed E-state index contributed by atoms with van der Waals surface area (Å²) in [5.74, 6) is -3.95. The molecule has 0 aromatic carbocycles. The molecule has 72 valence electrons. The van der Waals surface area contributed by atoms with Crippen LogP contribution in [0.25, 0.3) is 0 Å². The Morgan fingerprint density at radius 2 is 1.79 bits per heavy atom. The Kier molecular flexibility index (Phi) is 2.57. The summed E-state index contributed by atoms with van der Waals surface area (Å²) < 4.78 is 0. The van der Waals surface area contributed by atoms with Crippen LogP contribution in [0, 0.1) is 0 Å². The molecule has 0 saturated carbocycles. The van der Waals surface area contributed by atoms with Gasteiger partial charge in [-0.25, -0.2) is 14.6 Å². The van der Waals surface area contributed by atoms with Crippen molar-refractivity contribution >= 4 is 17.7 Å². The molecule has 0 atom stereocenters. The normalized spacial score (nSPS) is 9.43. The number of aromatic nitrogens is 1. The summed E-state index contributed by atoms with van der Waals surface area (Å²) in [4.78, 5) is 34.8. The second kappa shape index (κ2) is 3.65. The van der Waals surface area contributed by atoms with Gasteiger partial charge in [-0.2, -0.15) is 0 Å². The van der Waals surface area contributed by atoms with Crippen molar-refractivity contribution in [1.29, 1.82) is 0 Å². The third-order valence-corrected chi connectivity index (χ3v) is 1.44. The number of aliphatic carboxylic acids is 1. The molecule has 0 saturated heterocycles. The molecular formula is C8H5NO5. The molecule has 0 aliphatic carbocycles. The van der Waals surface area contributed by atoms with Gasteiger partial charge in [0.15, 0.2) is 0 Å². The van der Waals surface area contributed by atoms with Gasteiger partial charge in [-0.1, -0.05) is 0 Å². The van der Waals surface area contributed by atoms with E-state index >= 15 is 0 Å². The average Bonchev–Trinajstić information content (AvgIpc) is 2.16. The number of carbonyl (C=O) groups excluding carboxylic acids is 1. The second-order valence-electron chi connectivity index (χ2n) is 2.37. The molecule has 0 spiro atoms. The van der Waals surface area contributed by atoms with Gasteiger partial charge < -0.3 is 10.2 Å². The SMILES string of the molecule is O=C(O)C(=O)c1ccc(C(=O)O)nc1. The maximum absolute atomic E-state index is 10.8. The summed E-state index contributed by atoms with van der Waals surface area (Å²) in [7, 11) is 0. The van der Waals surface area contributed by atoms with Crippen molar-refractivity contribution in [2.75, 3.05) is 0 Å². The van der Waals surface area contributed by atoms with Gasteiger partial charge in [-0.15, -0.1) is 0 Å². The van der Waals surface area contributed by atoms with Crippen LogP contribution in [0.1, 0.15) is 20.8 Å². The van der Waals surface area contributed by atoms with E-state index in [9.17, 15) is 14.4 Å². The standard InChI is InChI=1S/C8H5NO5/c10-6(8(13)14)4-1-2-5(7(11)12)9-3-4/h1-3H,(H,11,12)(H,13,14). The molecule has 14 heavy (non-hydrogen) atoms. The highest BCUT2D eigenvalue weighted by Gasteiger charge is 2.15. The number of Topliss-reactive ketones (excluding diaryl/α,β-unsaturated/α-hetero) is 1. The number of carboxylic acid groups (broad SMARTS) is 2. The Labute approximate surface area is 77.8 Å². The van der Waals surface area contributed by atoms with E-state index in [0.717, 1.165) is 18.3 Å². The number of aromatic carboxylic acids is 1. The Morgan fingerprint density at radius 1 is 1.14 bits per heavy atom. The van der Waals surface area contributed by atoms with E-state index in [-0.39, 0.29) is 11.3 Å². The lowest BCUT2D eigenvalue weighted by Crippen LogP contribution is -2.13. The second-order valence-corrected chi connectivity index (χ2v) is 2.37. The van der Waals surface area contributed by atoms with E-state index in [2.05, 4.69) is 4.98 Å². The highest BCUT2D eigenvalue weighted by molar-refractivity contribution is 6.39. The molecule has 0 amide bonds. The predicted molar refractivity (Wildman–Crippen MR) is 43.2 cm³/mol. The summed E-state index contributed by atoms with van der Waals surface area (Å²) in [6.45, 7) is 0. The van der Waals surface area contributed by atoms with Gasteiger partial charge in [0.2, 0.25) is 0 Å². The number of pyridine rings is 1. The van der Waals surface area contributed by atoms with Crippen LogP contribution in [0.3, 0.4) is 0 Å². The fraction of sp³-hybridized carbons (Fsp3) is 0. The number of ketones is 1. The zero-order valence-electron chi connectivity index (χ0n) is 6.80. The summed E-state index contributed by atoms with van der Waals surface area (Å²) >= 11 is 0. The largest absolute Gasteiger partial charge is 0.477 e. The molecule has 1 heterocycles. The third kappa shape index (κ3) is 1.92. The molecule has 1 aromatic rings. The maximum Gasteiger partial charge on any atom is 0.377 e. The summed E-state index contributed by atoms with van der Waals surface area (Å²) in [5.41, 5.74) is -0.394. The van der Waals surface area contributed by atoms with Gasteiger partial charge in [0.25, 0.3) is 5.78 Å². The molecule has 0 radical (unpaired) electrons. The smallest absolute Gasteiger partial charge is 0.377 e. The average molecular weight is 195 g/mol. The van der Waals surface area contributed by atoms with Gasteiger partial charge in [-0.3, -0.25) is 4.79 Å². The lowest BCUT2D eigenvalue weighted by atomic mass is 10.2. The first-order chi connectivity index (χ1) is 6.52. The summed E-state index contributed by atoms with van der Waals surface area (Å²) in [5, 5.41) is 16.8. The number of nitrogens with zero attached hydrogens (tertiary/aromatic N) is 1. The van der Waals surface area contributed by atoms with Crippen molar-refractivity contribution in [2.24, 2.45) is 0 Å². The first-order valence-electron chi connectivity index (χ1n) is 3.49.